The van der Waals surface area contributed by atoms with E-state index in [2.05, 4.69) is 26.3 Å². The smallest absolute Gasteiger partial charge is 0.260 e. The molecule has 7 heteroatoms. The van der Waals surface area contributed by atoms with Gasteiger partial charge in [-0.2, -0.15) is 0 Å². The molecular weight excluding hydrogens is 350 g/mol. The van der Waals surface area contributed by atoms with Gasteiger partial charge < -0.3 is 14.8 Å². The molecular formula is C15H18BrN3O3. The highest BCUT2D eigenvalue weighted by molar-refractivity contribution is 9.10. The number of hydrogen-bond acceptors (Lipinski definition) is 4. The molecule has 0 spiro atoms. The molecule has 0 saturated heterocycles. The Labute approximate surface area is 137 Å². The fourth-order valence-corrected chi connectivity index (χ4v) is 2.14. The van der Waals surface area contributed by atoms with Crippen LogP contribution in [-0.2, 0) is 9.53 Å². The van der Waals surface area contributed by atoms with Gasteiger partial charge >= 0.3 is 0 Å². The predicted octanol–water partition coefficient (Wildman–Crippen LogP) is 2.16. The van der Waals surface area contributed by atoms with E-state index in [-0.39, 0.29) is 5.91 Å². The number of ether oxygens (including phenoxy) is 2. The summed E-state index contributed by atoms with van der Waals surface area (Å²) in [6.07, 6.45) is 1.15. The number of halogens is 1. The van der Waals surface area contributed by atoms with Crippen molar-refractivity contribution in [1.82, 2.24) is 15.1 Å². The molecule has 0 fully saturated rings. The summed E-state index contributed by atoms with van der Waals surface area (Å²) in [6.45, 7) is 2.59. The number of carbonyl (C=O) groups is 1. The summed E-state index contributed by atoms with van der Waals surface area (Å²) in [5.74, 6) is 0.163. The quantitative estimate of drug-likeness (QED) is 0.761. The van der Waals surface area contributed by atoms with Crippen LogP contribution >= 0.6 is 15.9 Å². The molecule has 1 heterocycles. The van der Waals surface area contributed by atoms with Gasteiger partial charge in [-0.05, 0) is 35.0 Å². The Kier molecular flexibility index (Phi) is 5.97. The summed E-state index contributed by atoms with van der Waals surface area (Å²) in [7, 11) is 1.58. The summed E-state index contributed by atoms with van der Waals surface area (Å²) >= 11 is 3.40. The van der Waals surface area contributed by atoms with Gasteiger partial charge in [0.15, 0.2) is 6.10 Å². The molecule has 0 aliphatic rings. The fourth-order valence-electron chi connectivity index (χ4n) is 1.77. The topological polar surface area (TPSA) is 65.4 Å². The fraction of sp³-hybridized carbons (Fsp3) is 0.333. The van der Waals surface area contributed by atoms with Crippen LogP contribution in [0.15, 0.2) is 41.0 Å². The summed E-state index contributed by atoms with van der Waals surface area (Å²) in [5.41, 5.74) is 0.912. The van der Waals surface area contributed by atoms with Gasteiger partial charge in [0.1, 0.15) is 0 Å². The molecule has 2 rings (SSSR count). The van der Waals surface area contributed by atoms with Crippen molar-refractivity contribution in [2.75, 3.05) is 20.3 Å². The molecule has 1 aromatic heterocycles. The van der Waals surface area contributed by atoms with Crippen molar-refractivity contribution in [3.63, 3.8) is 0 Å². The maximum Gasteiger partial charge on any atom is 0.260 e. The molecule has 1 amide bonds. The number of methoxy groups -OCH3 is 1. The summed E-state index contributed by atoms with van der Waals surface area (Å²) in [4.78, 5) is 11.9. The van der Waals surface area contributed by atoms with Gasteiger partial charge in [0.25, 0.3) is 5.91 Å². The summed E-state index contributed by atoms with van der Waals surface area (Å²) < 4.78 is 12.9. The van der Waals surface area contributed by atoms with Crippen LogP contribution in [0.4, 0.5) is 0 Å². The predicted molar refractivity (Wildman–Crippen MR) is 86.2 cm³/mol. The number of rotatable bonds is 7. The van der Waals surface area contributed by atoms with Crippen molar-refractivity contribution in [3.8, 4) is 11.6 Å². The van der Waals surface area contributed by atoms with Gasteiger partial charge in [-0.1, -0.05) is 18.2 Å². The standard InChI is InChI=1S/C15H18BrN3O3/c1-11(14(20)17-8-9-21-2)22-15-13(16)10-19(18-15)12-6-4-3-5-7-12/h3-7,10-11H,8-9H2,1-2H3,(H,17,20)/t11-/m0/s1. The van der Waals surface area contributed by atoms with Crippen LogP contribution in [0.5, 0.6) is 5.88 Å². The van der Waals surface area contributed by atoms with Crippen LogP contribution in [-0.4, -0.2) is 42.1 Å². The Bertz CT molecular complexity index is 616. The Hall–Kier alpha value is -1.86. The second-order valence-corrected chi connectivity index (χ2v) is 5.46. The Morgan fingerprint density at radius 2 is 2.14 bits per heavy atom. The minimum Gasteiger partial charge on any atom is -0.463 e. The largest absolute Gasteiger partial charge is 0.463 e. The lowest BCUT2D eigenvalue weighted by Crippen LogP contribution is -2.38. The van der Waals surface area contributed by atoms with Gasteiger partial charge in [0, 0.05) is 19.9 Å². The molecule has 1 aromatic carbocycles. The first kappa shape index (κ1) is 16.5. The average Bonchev–Trinajstić information content (AvgIpc) is 2.89. The highest BCUT2D eigenvalue weighted by Gasteiger charge is 2.18. The van der Waals surface area contributed by atoms with Crippen molar-refractivity contribution in [1.29, 1.82) is 0 Å². The number of nitrogens with one attached hydrogen (secondary N) is 1. The number of hydrogen-bond donors (Lipinski definition) is 1. The van der Waals surface area contributed by atoms with Crippen LogP contribution in [0.25, 0.3) is 5.69 Å². The Morgan fingerprint density at radius 1 is 1.41 bits per heavy atom. The molecule has 0 aliphatic carbocycles. The number of amides is 1. The third-order valence-corrected chi connectivity index (χ3v) is 3.47. The number of para-hydroxylation sites is 1. The van der Waals surface area contributed by atoms with Gasteiger partial charge in [0.2, 0.25) is 5.88 Å². The molecule has 2 aromatic rings. The van der Waals surface area contributed by atoms with Crippen LogP contribution in [0.1, 0.15) is 6.92 Å². The van der Waals surface area contributed by atoms with Crippen LogP contribution in [0, 0.1) is 0 Å². The SMILES string of the molecule is COCCNC(=O)[C@H](C)Oc1nn(-c2ccccc2)cc1Br. The maximum absolute atomic E-state index is 11.9. The Morgan fingerprint density at radius 3 is 2.82 bits per heavy atom. The van der Waals surface area contributed by atoms with E-state index >= 15 is 0 Å². The number of nitrogens with zero attached hydrogens (tertiary/aromatic N) is 2. The zero-order valence-electron chi connectivity index (χ0n) is 12.5. The monoisotopic (exact) mass is 367 g/mol. The lowest BCUT2D eigenvalue weighted by atomic mass is 10.3. The normalized spacial score (nSPS) is 12.0. The Balaban J connectivity index is 2.01. The first-order valence-corrected chi connectivity index (χ1v) is 7.65. The van der Waals surface area contributed by atoms with Crippen molar-refractivity contribution < 1.29 is 14.3 Å². The zero-order valence-corrected chi connectivity index (χ0v) is 14.0. The molecule has 1 atom stereocenters. The third kappa shape index (κ3) is 4.32. The van der Waals surface area contributed by atoms with E-state index in [1.54, 1.807) is 24.9 Å². The summed E-state index contributed by atoms with van der Waals surface area (Å²) in [6, 6.07) is 9.66. The molecule has 6 nitrogen and oxygen atoms in total. The average molecular weight is 368 g/mol. The van der Waals surface area contributed by atoms with Gasteiger partial charge in [0.05, 0.1) is 16.8 Å². The van der Waals surface area contributed by atoms with E-state index in [1.807, 2.05) is 30.3 Å². The zero-order chi connectivity index (χ0) is 15.9. The summed E-state index contributed by atoms with van der Waals surface area (Å²) in [5, 5.41) is 7.06. The second kappa shape index (κ2) is 7.95. The minimum atomic E-state index is -0.646. The van der Waals surface area contributed by atoms with E-state index in [9.17, 15) is 4.79 Å². The number of benzene rings is 1. The van der Waals surface area contributed by atoms with E-state index < -0.39 is 6.10 Å². The maximum atomic E-state index is 11.9. The van der Waals surface area contributed by atoms with Crippen molar-refractivity contribution >= 4 is 21.8 Å². The van der Waals surface area contributed by atoms with Crippen molar-refractivity contribution in [2.24, 2.45) is 0 Å². The van der Waals surface area contributed by atoms with E-state index in [0.717, 1.165) is 5.69 Å². The lowest BCUT2D eigenvalue weighted by Gasteiger charge is -2.13. The molecule has 0 saturated carbocycles. The number of aromatic nitrogens is 2. The third-order valence-electron chi connectivity index (χ3n) is 2.92. The van der Waals surface area contributed by atoms with Gasteiger partial charge in [-0.3, -0.25) is 4.79 Å². The van der Waals surface area contributed by atoms with E-state index in [1.165, 1.54) is 0 Å². The molecule has 1 N–H and O–H groups in total. The lowest BCUT2D eigenvalue weighted by molar-refractivity contribution is -0.127. The van der Waals surface area contributed by atoms with Gasteiger partial charge in [-0.15, -0.1) is 5.10 Å². The van der Waals surface area contributed by atoms with Crippen LogP contribution < -0.4 is 10.1 Å². The molecule has 0 radical (unpaired) electrons. The second-order valence-electron chi connectivity index (χ2n) is 4.61. The van der Waals surface area contributed by atoms with Gasteiger partial charge in [-0.25, -0.2) is 4.68 Å². The molecule has 22 heavy (non-hydrogen) atoms. The highest BCUT2D eigenvalue weighted by atomic mass is 79.9. The minimum absolute atomic E-state index is 0.210. The highest BCUT2D eigenvalue weighted by Crippen LogP contribution is 2.25. The van der Waals surface area contributed by atoms with Crippen molar-refractivity contribution in [3.05, 3.63) is 41.0 Å². The first-order chi connectivity index (χ1) is 10.6. The number of carbonyl (C=O) groups excluding carboxylic acids is 1. The van der Waals surface area contributed by atoms with Crippen LogP contribution in [0.2, 0.25) is 0 Å². The molecule has 0 aliphatic heterocycles. The molecule has 0 bridgehead atoms. The molecule has 0 unspecified atom stereocenters. The molecule has 118 valence electrons. The van der Waals surface area contributed by atoms with Crippen LogP contribution in [0.3, 0.4) is 0 Å². The first-order valence-electron chi connectivity index (χ1n) is 6.85. The van der Waals surface area contributed by atoms with Crippen molar-refractivity contribution in [2.45, 2.75) is 13.0 Å². The van der Waals surface area contributed by atoms with E-state index in [0.29, 0.717) is 23.5 Å². The van der Waals surface area contributed by atoms with E-state index in [4.69, 9.17) is 9.47 Å².